The molecule has 0 aliphatic heterocycles. The molecule has 96 valence electrons. The van der Waals surface area contributed by atoms with E-state index in [1.165, 1.54) is 0 Å². The number of allylic oxidation sites excluding steroid dienone is 7. The van der Waals surface area contributed by atoms with Gasteiger partial charge in [0.2, 0.25) is 12.3 Å². The molecule has 2 nitrogen and oxygen atoms in total. The van der Waals surface area contributed by atoms with Gasteiger partial charge in [-0.3, -0.25) is 4.79 Å². The third kappa shape index (κ3) is 7.34. The molecule has 0 aromatic carbocycles. The highest BCUT2D eigenvalue weighted by Gasteiger charge is 2.09. The molecular weight excluding hydrogens is 222 g/mol. The maximum absolute atomic E-state index is 11.8. The van der Waals surface area contributed by atoms with Crippen molar-refractivity contribution >= 4 is 12.5 Å². The lowest BCUT2D eigenvalue weighted by Gasteiger charge is -1.97. The van der Waals surface area contributed by atoms with Gasteiger partial charge in [0.25, 0.3) is 0 Å². The van der Waals surface area contributed by atoms with Gasteiger partial charge in [-0.25, -0.2) is 4.58 Å². The molecule has 0 aromatic heterocycles. The highest BCUT2D eigenvalue weighted by molar-refractivity contribution is 5.98. The standard InChI is InChI=1S/C16H22NO/c1-6-8-9-12-17(5)13-16(18)15(4)11-10-14(3)7-2/h6-12H,4-5,13H2,1-3H3/q+1/b8-6-,11-10-,12-9-,14-7-. The van der Waals surface area contributed by atoms with Gasteiger partial charge in [-0.2, -0.15) is 0 Å². The largest absolute Gasteiger partial charge is 0.287 e. The van der Waals surface area contributed by atoms with Crippen LogP contribution in [0.5, 0.6) is 0 Å². The van der Waals surface area contributed by atoms with E-state index in [4.69, 9.17) is 0 Å². The number of Topliss-reactive ketones (excluding diaryl/α,β-unsaturated/α-hetero) is 1. The maximum atomic E-state index is 11.8. The fourth-order valence-corrected chi connectivity index (χ4v) is 1.04. The average molecular weight is 244 g/mol. The van der Waals surface area contributed by atoms with Crippen molar-refractivity contribution in [1.82, 2.24) is 0 Å². The second-order valence-corrected chi connectivity index (χ2v) is 3.93. The second-order valence-electron chi connectivity index (χ2n) is 3.93. The topological polar surface area (TPSA) is 20.1 Å². The van der Waals surface area contributed by atoms with Crippen LogP contribution >= 0.6 is 0 Å². The minimum absolute atomic E-state index is 0.0321. The highest BCUT2D eigenvalue weighted by Crippen LogP contribution is 2.01. The Morgan fingerprint density at radius 2 is 1.89 bits per heavy atom. The van der Waals surface area contributed by atoms with Crippen LogP contribution in [0.3, 0.4) is 0 Å². The third-order valence-corrected chi connectivity index (χ3v) is 2.31. The number of carbonyl (C=O) groups is 1. The average Bonchev–Trinajstić information content (AvgIpc) is 2.35. The number of ketones is 1. The van der Waals surface area contributed by atoms with Crippen molar-refractivity contribution in [2.75, 3.05) is 6.54 Å². The monoisotopic (exact) mass is 244 g/mol. The van der Waals surface area contributed by atoms with E-state index in [2.05, 4.69) is 13.3 Å². The highest BCUT2D eigenvalue weighted by atomic mass is 16.1. The van der Waals surface area contributed by atoms with Crippen LogP contribution in [0.1, 0.15) is 20.8 Å². The van der Waals surface area contributed by atoms with E-state index in [0.29, 0.717) is 5.57 Å². The number of carbonyl (C=O) groups excluding carboxylic acids is 1. The van der Waals surface area contributed by atoms with E-state index in [9.17, 15) is 4.79 Å². The van der Waals surface area contributed by atoms with Gasteiger partial charge in [0, 0.05) is 11.6 Å². The quantitative estimate of drug-likeness (QED) is 0.291. The van der Waals surface area contributed by atoms with Crippen molar-refractivity contribution in [2.45, 2.75) is 20.8 Å². The fourth-order valence-electron chi connectivity index (χ4n) is 1.04. The van der Waals surface area contributed by atoms with Gasteiger partial charge < -0.3 is 0 Å². The van der Waals surface area contributed by atoms with Crippen LogP contribution < -0.4 is 0 Å². The Kier molecular flexibility index (Phi) is 8.12. The number of rotatable bonds is 7. The van der Waals surface area contributed by atoms with Crippen molar-refractivity contribution in [2.24, 2.45) is 0 Å². The van der Waals surface area contributed by atoms with Crippen molar-refractivity contribution in [1.29, 1.82) is 0 Å². The van der Waals surface area contributed by atoms with E-state index in [0.717, 1.165) is 5.57 Å². The van der Waals surface area contributed by atoms with Crippen molar-refractivity contribution in [3.8, 4) is 0 Å². The van der Waals surface area contributed by atoms with Crippen molar-refractivity contribution in [3.63, 3.8) is 0 Å². The first-order valence-electron chi connectivity index (χ1n) is 5.91. The van der Waals surface area contributed by atoms with Crippen LogP contribution in [-0.2, 0) is 4.79 Å². The predicted molar refractivity (Wildman–Crippen MR) is 78.9 cm³/mol. The van der Waals surface area contributed by atoms with Crippen molar-refractivity contribution in [3.05, 3.63) is 60.4 Å². The zero-order chi connectivity index (χ0) is 14.0. The van der Waals surface area contributed by atoms with Gasteiger partial charge in [0.15, 0.2) is 6.20 Å². The number of hydrogen-bond acceptors (Lipinski definition) is 1. The van der Waals surface area contributed by atoms with Gasteiger partial charge in [-0.1, -0.05) is 42.5 Å². The normalized spacial score (nSPS) is 12.7. The first kappa shape index (κ1) is 16.0. The van der Waals surface area contributed by atoms with E-state index in [1.54, 1.807) is 16.9 Å². The molecular formula is C16H22NO+. The summed E-state index contributed by atoms with van der Waals surface area (Å²) in [5, 5.41) is 0. The Bertz CT molecular complexity index is 434. The summed E-state index contributed by atoms with van der Waals surface area (Å²) in [4.78, 5) is 11.8. The molecule has 0 atom stereocenters. The minimum atomic E-state index is -0.0321. The molecule has 0 rings (SSSR count). The molecule has 0 N–H and O–H groups in total. The molecule has 0 fully saturated rings. The molecule has 0 saturated heterocycles. The third-order valence-electron chi connectivity index (χ3n) is 2.31. The molecule has 0 bridgehead atoms. The SMILES string of the molecule is C=C(/C=C\C(C)=C/C)C(=O)C[N+](=C)/C=C\C=C/C. The fraction of sp³-hybridized carbons (Fsp3) is 0.250. The molecule has 18 heavy (non-hydrogen) atoms. The Labute approximate surface area is 110 Å². The van der Waals surface area contributed by atoms with Crippen LogP contribution in [0.2, 0.25) is 0 Å². The Morgan fingerprint density at radius 1 is 1.22 bits per heavy atom. The molecule has 0 spiro atoms. The molecule has 0 unspecified atom stereocenters. The van der Waals surface area contributed by atoms with Crippen molar-refractivity contribution < 1.29 is 9.37 Å². The predicted octanol–water partition coefficient (Wildman–Crippen LogP) is 3.44. The summed E-state index contributed by atoms with van der Waals surface area (Å²) in [6, 6.07) is 0. The van der Waals surface area contributed by atoms with E-state index in [-0.39, 0.29) is 12.3 Å². The lowest BCUT2D eigenvalue weighted by atomic mass is 10.1. The van der Waals surface area contributed by atoms with E-state index < -0.39 is 0 Å². The summed E-state index contributed by atoms with van der Waals surface area (Å²) >= 11 is 0. The summed E-state index contributed by atoms with van der Waals surface area (Å²) in [6.07, 6.45) is 13.0. The number of nitrogens with zero attached hydrogens (tertiary/aromatic N) is 1. The van der Waals surface area contributed by atoms with E-state index >= 15 is 0 Å². The Morgan fingerprint density at radius 3 is 2.44 bits per heavy atom. The van der Waals surface area contributed by atoms with Crippen LogP contribution in [0, 0.1) is 0 Å². The zero-order valence-electron chi connectivity index (χ0n) is 11.5. The molecule has 0 aromatic rings. The van der Waals surface area contributed by atoms with Gasteiger partial charge >= 0.3 is 0 Å². The number of hydrogen-bond donors (Lipinski definition) is 0. The summed E-state index contributed by atoms with van der Waals surface area (Å²) in [7, 11) is 0. The molecule has 0 saturated carbocycles. The first-order valence-corrected chi connectivity index (χ1v) is 5.91. The summed E-state index contributed by atoms with van der Waals surface area (Å²) in [5.41, 5.74) is 1.59. The van der Waals surface area contributed by atoms with Gasteiger partial charge in [-0.05, 0) is 20.8 Å². The lowest BCUT2D eigenvalue weighted by Crippen LogP contribution is -2.15. The molecule has 0 radical (unpaired) electrons. The lowest BCUT2D eigenvalue weighted by molar-refractivity contribution is -0.434. The van der Waals surface area contributed by atoms with Crippen LogP contribution in [0.15, 0.2) is 60.4 Å². The second kappa shape index (κ2) is 9.11. The van der Waals surface area contributed by atoms with Gasteiger partial charge in [0.05, 0.1) is 0 Å². The Hall–Kier alpha value is -1.96. The molecule has 0 amide bonds. The molecule has 0 heterocycles. The molecule has 2 heteroatoms. The summed E-state index contributed by atoms with van der Waals surface area (Å²) in [6.45, 7) is 13.6. The van der Waals surface area contributed by atoms with E-state index in [1.807, 2.05) is 51.2 Å². The molecule has 0 aliphatic carbocycles. The smallest absolute Gasteiger partial charge is 0.226 e. The maximum Gasteiger partial charge on any atom is 0.226 e. The zero-order valence-corrected chi connectivity index (χ0v) is 11.5. The first-order chi connectivity index (χ1) is 8.51. The molecule has 0 aliphatic rings. The minimum Gasteiger partial charge on any atom is -0.287 e. The van der Waals surface area contributed by atoms with Crippen LogP contribution in [-0.4, -0.2) is 23.6 Å². The summed E-state index contributed by atoms with van der Waals surface area (Å²) < 4.78 is 1.59. The summed E-state index contributed by atoms with van der Waals surface area (Å²) in [5.74, 6) is -0.0321. The van der Waals surface area contributed by atoms with Gasteiger partial charge in [-0.15, -0.1) is 0 Å². The van der Waals surface area contributed by atoms with Gasteiger partial charge in [0.1, 0.15) is 6.72 Å². The van der Waals surface area contributed by atoms with Crippen LogP contribution in [0.25, 0.3) is 0 Å². The van der Waals surface area contributed by atoms with Crippen LogP contribution in [0.4, 0.5) is 0 Å². The Balaban J connectivity index is 4.37.